The summed E-state index contributed by atoms with van der Waals surface area (Å²) in [7, 11) is 1.69. The molecule has 0 radical (unpaired) electrons. The van der Waals surface area contributed by atoms with Crippen LogP contribution in [0, 0.1) is 17.1 Å². The molecule has 49 heavy (non-hydrogen) atoms. The van der Waals surface area contributed by atoms with Crippen LogP contribution in [-0.4, -0.2) is 83.3 Å². The van der Waals surface area contributed by atoms with Gasteiger partial charge in [-0.3, -0.25) is 9.69 Å². The number of ether oxygens (including phenoxy) is 1. The van der Waals surface area contributed by atoms with Crippen molar-refractivity contribution in [2.75, 3.05) is 50.5 Å². The van der Waals surface area contributed by atoms with E-state index < -0.39 is 29.3 Å². The minimum absolute atomic E-state index is 0.0107. The number of nitrogens with zero attached hydrogens (tertiary/aromatic N) is 6. The van der Waals surface area contributed by atoms with Crippen LogP contribution in [0.1, 0.15) is 36.8 Å². The molecule has 7 rings (SSSR count). The molecule has 0 saturated carbocycles. The number of thiophene rings is 1. The third kappa shape index (κ3) is 5.60. The van der Waals surface area contributed by atoms with Crippen LogP contribution >= 0.6 is 11.3 Å². The van der Waals surface area contributed by atoms with E-state index in [1.54, 1.807) is 16.8 Å². The van der Waals surface area contributed by atoms with E-state index in [1.807, 2.05) is 6.07 Å². The number of aromatic nitrogens is 2. The molecule has 3 atom stereocenters. The third-order valence-corrected chi connectivity index (χ3v) is 11.1. The van der Waals surface area contributed by atoms with Crippen LogP contribution in [0.25, 0.3) is 32.1 Å². The highest BCUT2D eigenvalue weighted by molar-refractivity contribution is 7.23. The van der Waals surface area contributed by atoms with Gasteiger partial charge in [0.15, 0.2) is 0 Å². The van der Waals surface area contributed by atoms with Gasteiger partial charge in [-0.05, 0) is 61.2 Å². The molecule has 0 spiro atoms. The van der Waals surface area contributed by atoms with Crippen molar-refractivity contribution in [2.24, 2.45) is 0 Å². The number of nitrogens with two attached hydrogens (primary N) is 1. The lowest BCUT2D eigenvalue weighted by Gasteiger charge is -2.31. The van der Waals surface area contributed by atoms with Crippen molar-refractivity contribution in [1.82, 2.24) is 19.8 Å². The predicted molar refractivity (Wildman–Crippen MR) is 177 cm³/mol. The van der Waals surface area contributed by atoms with E-state index in [-0.39, 0.29) is 73.1 Å². The van der Waals surface area contributed by atoms with Crippen LogP contribution in [0.2, 0.25) is 0 Å². The average Bonchev–Trinajstić information content (AvgIpc) is 3.84. The van der Waals surface area contributed by atoms with E-state index >= 15 is 0 Å². The Bertz CT molecular complexity index is 2050. The summed E-state index contributed by atoms with van der Waals surface area (Å²) in [6.07, 6.45) is -2.21. The smallest absolute Gasteiger partial charge is 0.417 e. The molecule has 5 heterocycles. The van der Waals surface area contributed by atoms with Crippen molar-refractivity contribution < 1.29 is 31.5 Å². The zero-order chi connectivity index (χ0) is 34.8. The first kappa shape index (κ1) is 33.0. The number of likely N-dealkylation sites (tertiary alicyclic amines) is 1. The Balaban J connectivity index is 1.40. The monoisotopic (exact) mass is 697 g/mol. The molecule has 256 valence electrons. The summed E-state index contributed by atoms with van der Waals surface area (Å²) in [5.74, 6) is -0.806. The Morgan fingerprint density at radius 2 is 2.06 bits per heavy atom. The number of hydrogen-bond donors (Lipinski definition) is 1. The molecule has 2 N–H and O–H groups in total. The van der Waals surface area contributed by atoms with Gasteiger partial charge in [0.2, 0.25) is 5.91 Å². The molecule has 0 aliphatic carbocycles. The van der Waals surface area contributed by atoms with Crippen LogP contribution in [0.3, 0.4) is 0 Å². The van der Waals surface area contributed by atoms with Gasteiger partial charge >= 0.3 is 12.2 Å². The fourth-order valence-electron chi connectivity index (χ4n) is 7.66. The van der Waals surface area contributed by atoms with E-state index in [1.165, 1.54) is 18.2 Å². The largest absolute Gasteiger partial charge is 0.461 e. The number of benzene rings is 2. The second-order valence-corrected chi connectivity index (χ2v) is 14.0. The van der Waals surface area contributed by atoms with Gasteiger partial charge in [0.25, 0.3) is 0 Å². The van der Waals surface area contributed by atoms with Gasteiger partial charge in [0.1, 0.15) is 35.5 Å². The standard InChI is InChI=1S/C34H32F5N7O2S/c1-3-27(47)45-10-7-19(16-45)44(2)31-22-11-24(34(37,38)39)21(20-5-6-25(36)29-28(20)23(14-40)30(41)49-29)12-26(22)42-32(43-31)48-17-33-8-4-9-46(33)15-18(35)13-33/h3,5-6,11-12,18-19H,1,4,7-10,13,15-17,41H2,2H3. The second kappa shape index (κ2) is 12.1. The van der Waals surface area contributed by atoms with Crippen LogP contribution in [0.5, 0.6) is 6.01 Å². The van der Waals surface area contributed by atoms with Gasteiger partial charge in [-0.1, -0.05) is 12.6 Å². The normalized spacial score (nSPS) is 22.5. The molecular weight excluding hydrogens is 665 g/mol. The molecule has 3 saturated heterocycles. The maximum absolute atomic E-state index is 14.9. The zero-order valence-corrected chi connectivity index (χ0v) is 27.3. The van der Waals surface area contributed by atoms with Crippen molar-refractivity contribution in [1.29, 1.82) is 5.26 Å². The Hall–Kier alpha value is -4.55. The highest BCUT2D eigenvalue weighted by atomic mass is 32.1. The van der Waals surface area contributed by atoms with Gasteiger partial charge in [0.05, 0.1) is 26.9 Å². The van der Waals surface area contributed by atoms with E-state index in [0.29, 0.717) is 32.5 Å². The lowest BCUT2D eigenvalue weighted by molar-refractivity contribution is -0.137. The fourth-order valence-corrected chi connectivity index (χ4v) is 8.61. The number of alkyl halides is 4. The van der Waals surface area contributed by atoms with Crippen LogP contribution in [0.15, 0.2) is 36.9 Å². The first-order valence-corrected chi connectivity index (χ1v) is 16.6. The predicted octanol–water partition coefficient (Wildman–Crippen LogP) is 6.30. The first-order valence-electron chi connectivity index (χ1n) is 15.8. The lowest BCUT2D eigenvalue weighted by atomic mass is 9.93. The van der Waals surface area contributed by atoms with Gasteiger partial charge < -0.3 is 20.3 Å². The minimum atomic E-state index is -4.87. The molecule has 0 bridgehead atoms. The van der Waals surface area contributed by atoms with Crippen LogP contribution in [-0.2, 0) is 11.0 Å². The summed E-state index contributed by atoms with van der Waals surface area (Å²) < 4.78 is 80.4. The summed E-state index contributed by atoms with van der Waals surface area (Å²) in [4.78, 5) is 26.9. The fraction of sp³-hybridized carbons (Fsp3) is 0.412. The van der Waals surface area contributed by atoms with Crippen molar-refractivity contribution in [3.05, 3.63) is 53.9 Å². The molecule has 3 unspecified atom stereocenters. The van der Waals surface area contributed by atoms with Crippen molar-refractivity contribution in [3.63, 3.8) is 0 Å². The lowest BCUT2D eigenvalue weighted by Crippen LogP contribution is -2.43. The number of likely N-dealkylation sites (N-methyl/N-ethyl adjacent to an activating group) is 1. The first-order chi connectivity index (χ1) is 23.3. The average molecular weight is 698 g/mol. The van der Waals surface area contributed by atoms with Gasteiger partial charge in [0, 0.05) is 49.9 Å². The molecule has 2 aromatic carbocycles. The Labute approximate surface area is 282 Å². The number of carbonyl (C=O) groups is 1. The summed E-state index contributed by atoms with van der Waals surface area (Å²) in [6.45, 7) is 5.42. The molecule has 15 heteroatoms. The highest BCUT2D eigenvalue weighted by Gasteiger charge is 2.49. The van der Waals surface area contributed by atoms with Gasteiger partial charge in [-0.25, -0.2) is 8.78 Å². The molecular formula is C34H32F5N7O2S. The maximum atomic E-state index is 14.9. The third-order valence-electron chi connectivity index (χ3n) is 10.1. The number of anilines is 2. The number of hydrogen-bond acceptors (Lipinski definition) is 9. The van der Waals surface area contributed by atoms with E-state index in [4.69, 9.17) is 10.5 Å². The van der Waals surface area contributed by atoms with Crippen molar-refractivity contribution in [3.8, 4) is 23.2 Å². The minimum Gasteiger partial charge on any atom is -0.461 e. The van der Waals surface area contributed by atoms with Gasteiger partial charge in [-0.15, -0.1) is 11.3 Å². The van der Waals surface area contributed by atoms with E-state index in [9.17, 15) is 32.0 Å². The van der Waals surface area contributed by atoms with E-state index in [2.05, 4.69) is 21.4 Å². The van der Waals surface area contributed by atoms with Crippen molar-refractivity contribution in [2.45, 2.75) is 49.6 Å². The Morgan fingerprint density at radius 3 is 2.80 bits per heavy atom. The Morgan fingerprint density at radius 1 is 1.27 bits per heavy atom. The van der Waals surface area contributed by atoms with Crippen LogP contribution in [0.4, 0.5) is 32.8 Å². The number of amides is 1. The summed E-state index contributed by atoms with van der Waals surface area (Å²) in [5.41, 5.74) is 4.09. The topological polar surface area (TPSA) is 112 Å². The van der Waals surface area contributed by atoms with E-state index in [0.717, 1.165) is 42.9 Å². The molecule has 3 aliphatic rings. The Kier molecular flexibility index (Phi) is 8.14. The molecule has 2 aromatic heterocycles. The number of nitrogen functional groups attached to an aromatic ring is 1. The zero-order valence-electron chi connectivity index (χ0n) is 26.5. The van der Waals surface area contributed by atoms with Crippen LogP contribution < -0.4 is 15.4 Å². The quantitative estimate of drug-likeness (QED) is 0.177. The maximum Gasteiger partial charge on any atom is 0.417 e. The summed E-state index contributed by atoms with van der Waals surface area (Å²) in [5, 5.41) is 9.89. The summed E-state index contributed by atoms with van der Waals surface area (Å²) in [6, 6.07) is 6.00. The SMILES string of the molecule is C=CC(=O)N1CCC(N(C)c2nc(OCC34CCCN3CC(F)C4)nc3cc(-c4ccc(F)c5sc(N)c(C#N)c45)c(C(F)(F)F)cc23)C1. The molecule has 3 fully saturated rings. The number of carbonyl (C=O) groups excluding carboxylic acids is 1. The number of nitriles is 1. The second-order valence-electron chi connectivity index (χ2n) is 12.9. The van der Waals surface area contributed by atoms with Crippen molar-refractivity contribution >= 4 is 49.1 Å². The van der Waals surface area contributed by atoms with Gasteiger partial charge in [-0.2, -0.15) is 28.4 Å². The number of fused-ring (bicyclic) bond motifs is 3. The molecule has 3 aliphatic heterocycles. The highest BCUT2D eigenvalue weighted by Crippen LogP contribution is 2.47. The molecule has 1 amide bonds. The molecule has 9 nitrogen and oxygen atoms in total. The molecule has 4 aromatic rings. The summed E-state index contributed by atoms with van der Waals surface area (Å²) >= 11 is 0.790. The number of halogens is 5. The number of rotatable bonds is 7.